The lowest BCUT2D eigenvalue weighted by atomic mass is 9.97. The second-order valence-electron chi connectivity index (χ2n) is 37.0. The summed E-state index contributed by atoms with van der Waals surface area (Å²) in [6, 6.07) is 28.1. The zero-order valence-electron chi connectivity index (χ0n) is 81.4. The first-order chi connectivity index (χ1) is 63.3. The van der Waals surface area contributed by atoms with Gasteiger partial charge in [0.2, 0.25) is 0 Å². The molecular formula is C116H172N4O8. The molecular weight excluding hydrogens is 1580 g/mol. The van der Waals surface area contributed by atoms with Crippen molar-refractivity contribution >= 4 is 45.1 Å². The molecule has 0 spiro atoms. The standard InChI is InChI=1S/C116H172N4O8/c1-7-13-19-25-31-42-51-59-79-123-99-85-95(86-100(91-99)124-80-60-52-43-32-26-20-14-8-2)114-107-71-69-105(117-107)113(94-65-67-98(68-66-94)122-78-58-50-48-40-38-37-39-41-49-57-77-121)106-70-72-108(118-106)115(96-87-101(125-81-61-53-44-33-27-21-15-9-3)92-102(88-96)126-82-62-54-45-34-28-22-16-10-4)110-74-76-112(120-110)116(111-75-73-109(114)119-111)97-89-103(127-83-63-55-46-35-29-23-17-11-5)93-104(90-97)128-84-64-56-47-36-30-24-18-12-6/h65-76,85-93,121H,7-64,77-84H2,1-6H3. The van der Waals surface area contributed by atoms with Crippen LogP contribution in [0.4, 0.5) is 0 Å². The number of aliphatic hydroxyl groups excluding tert-OH is 1. The highest BCUT2D eigenvalue weighted by Gasteiger charge is 2.30. The molecule has 12 heteroatoms. The summed E-state index contributed by atoms with van der Waals surface area (Å²) in [5.74, 6) is 5.47. The van der Waals surface area contributed by atoms with Crippen molar-refractivity contribution in [2.45, 2.75) is 414 Å². The van der Waals surface area contributed by atoms with E-state index >= 15 is 0 Å². The van der Waals surface area contributed by atoms with Crippen molar-refractivity contribution in [3.05, 3.63) is 173 Å². The summed E-state index contributed by atoms with van der Waals surface area (Å²) < 4.78 is 48.1. The summed E-state index contributed by atoms with van der Waals surface area (Å²) in [5, 5.41) is 9.22. The predicted molar refractivity (Wildman–Crippen MR) is 547 cm³/mol. The van der Waals surface area contributed by atoms with Crippen molar-refractivity contribution in [3.63, 3.8) is 0 Å². The highest BCUT2D eigenvalue weighted by molar-refractivity contribution is 6.39. The first-order valence-electron chi connectivity index (χ1n) is 53.0. The van der Waals surface area contributed by atoms with E-state index in [9.17, 15) is 5.11 Å². The van der Waals surface area contributed by atoms with Gasteiger partial charge in [-0.3, -0.25) is 0 Å². The first-order valence-corrected chi connectivity index (χ1v) is 53.0. The second kappa shape index (κ2) is 65.6. The number of rotatable bonds is 77. The fourth-order valence-electron chi connectivity index (χ4n) is 18.0. The smallest absolute Gasteiger partial charge is 0.123 e. The van der Waals surface area contributed by atoms with E-state index in [4.69, 9.17) is 53.1 Å². The number of hydrogen-bond donors (Lipinski definition) is 1. The molecule has 0 unspecified atom stereocenters. The van der Waals surface area contributed by atoms with Gasteiger partial charge in [0, 0.05) is 47.1 Å². The van der Waals surface area contributed by atoms with Gasteiger partial charge in [-0.1, -0.05) is 375 Å². The van der Waals surface area contributed by atoms with Gasteiger partial charge in [-0.2, -0.15) is 0 Å². The van der Waals surface area contributed by atoms with E-state index in [1.165, 1.54) is 270 Å². The molecule has 5 heterocycles. The molecule has 0 radical (unpaired) electrons. The van der Waals surface area contributed by atoms with Crippen LogP contribution in [0.25, 0.3) is 22.3 Å². The third kappa shape index (κ3) is 39.6. The van der Waals surface area contributed by atoms with Crippen molar-refractivity contribution < 1.29 is 38.3 Å². The zero-order valence-corrected chi connectivity index (χ0v) is 81.4. The maximum absolute atomic E-state index is 9.22. The number of benzene rings is 4. The minimum absolute atomic E-state index is 0.301. The number of aliphatic hydroxyl groups is 1. The summed E-state index contributed by atoms with van der Waals surface area (Å²) >= 11 is 0. The Morgan fingerprint density at radius 3 is 0.547 bits per heavy atom. The van der Waals surface area contributed by atoms with E-state index < -0.39 is 0 Å². The zero-order chi connectivity index (χ0) is 89.6. The minimum Gasteiger partial charge on any atom is -0.494 e. The van der Waals surface area contributed by atoms with Crippen LogP contribution in [0.2, 0.25) is 0 Å². The Balaban J connectivity index is 1.20. The van der Waals surface area contributed by atoms with Gasteiger partial charge in [-0.05, 0) is 171 Å². The molecule has 5 aliphatic heterocycles. The second-order valence-corrected chi connectivity index (χ2v) is 37.0. The van der Waals surface area contributed by atoms with Gasteiger partial charge in [-0.15, -0.1) is 0 Å². The largest absolute Gasteiger partial charge is 0.494 e. The molecule has 0 aliphatic carbocycles. The first kappa shape index (κ1) is 104. The molecule has 4 aromatic rings. The van der Waals surface area contributed by atoms with Crippen LogP contribution in [0, 0.1) is 0 Å². The maximum Gasteiger partial charge on any atom is 0.123 e. The van der Waals surface area contributed by atoms with Gasteiger partial charge in [-0.25, -0.2) is 20.0 Å². The third-order valence-electron chi connectivity index (χ3n) is 25.7. The van der Waals surface area contributed by atoms with Crippen molar-refractivity contribution in [3.8, 4) is 40.2 Å². The van der Waals surface area contributed by atoms with Crippen LogP contribution in [0.15, 0.2) is 170 Å². The molecule has 0 saturated carbocycles. The summed E-state index contributed by atoms with van der Waals surface area (Å²) in [6.45, 7) is 18.4. The summed E-state index contributed by atoms with van der Waals surface area (Å²) in [6.07, 6.45) is 87.6. The monoisotopic (exact) mass is 1750 g/mol. The van der Waals surface area contributed by atoms with Crippen molar-refractivity contribution in [2.24, 2.45) is 20.0 Å². The number of fused-ring (bicyclic) bond motifs is 4. The molecule has 704 valence electrons. The van der Waals surface area contributed by atoms with Crippen LogP contribution in [-0.4, -0.2) is 80.8 Å². The number of allylic oxidation sites excluding steroid dienone is 12. The fourth-order valence-corrected chi connectivity index (χ4v) is 18.0. The number of aliphatic imine (C=N–C) groups is 4. The highest BCUT2D eigenvalue weighted by Crippen LogP contribution is 2.43. The minimum atomic E-state index is 0.301. The topological polar surface area (TPSA) is 134 Å². The number of hydrogen-bond acceptors (Lipinski definition) is 12. The van der Waals surface area contributed by atoms with E-state index in [-0.39, 0.29) is 0 Å². The molecule has 5 aliphatic rings. The molecule has 0 atom stereocenters. The molecule has 0 saturated heterocycles. The van der Waals surface area contributed by atoms with E-state index in [0.717, 1.165) is 233 Å². The molecule has 1 N–H and O–H groups in total. The molecule has 9 rings (SSSR count). The molecule has 128 heavy (non-hydrogen) atoms. The maximum atomic E-state index is 9.22. The molecule has 12 nitrogen and oxygen atoms in total. The number of nitrogens with zero attached hydrogens (tertiary/aromatic N) is 4. The van der Waals surface area contributed by atoms with Gasteiger partial charge in [0.1, 0.15) is 40.2 Å². The van der Waals surface area contributed by atoms with Crippen molar-refractivity contribution in [1.82, 2.24) is 0 Å². The van der Waals surface area contributed by atoms with E-state index in [1.807, 2.05) is 0 Å². The number of ether oxygens (including phenoxy) is 7. The Kier molecular flexibility index (Phi) is 53.2. The Bertz CT molecular complexity index is 3970. The molecule has 4 aromatic carbocycles. The van der Waals surface area contributed by atoms with Gasteiger partial charge >= 0.3 is 0 Å². The molecule has 0 amide bonds. The normalized spacial score (nSPS) is 14.0. The van der Waals surface area contributed by atoms with Crippen molar-refractivity contribution in [2.75, 3.05) is 52.9 Å². The Morgan fingerprint density at radius 1 is 0.180 bits per heavy atom. The SMILES string of the molecule is CCCCCCCCCCOc1cc(OCCCCCCCCCC)cc(C2=C3C=CC(=N3)C(c3cc(OCCCCCCCCCC)cc(OCCCCCCCCCC)c3)=C3C=CC(=N3)C(c3cc(OCCCCCCCCCC)cc(OCCCCCCCCCC)c3)=C3C=CC(=N3)C(c3ccc(OCCCCCCCCCCCCO)cc3)=C3C=CC2=N3)c1. The molecule has 0 fully saturated rings. The fraction of sp³-hybridized carbons (Fsp3) is 0.621. The van der Waals surface area contributed by atoms with E-state index in [2.05, 4.69) is 169 Å². The van der Waals surface area contributed by atoms with Gasteiger partial charge in [0.25, 0.3) is 0 Å². The van der Waals surface area contributed by atoms with Crippen LogP contribution < -0.4 is 33.2 Å². The van der Waals surface area contributed by atoms with Crippen LogP contribution in [0.1, 0.15) is 436 Å². The quantitative estimate of drug-likeness (QED) is 0.0432. The molecule has 8 bridgehead atoms. The van der Waals surface area contributed by atoms with Crippen LogP contribution >= 0.6 is 0 Å². The van der Waals surface area contributed by atoms with Crippen LogP contribution in [0.5, 0.6) is 40.2 Å². The molecule has 0 aromatic heterocycles. The average molecular weight is 1750 g/mol. The van der Waals surface area contributed by atoms with Crippen LogP contribution in [-0.2, 0) is 0 Å². The lowest BCUT2D eigenvalue weighted by molar-refractivity contribution is 0.282. The van der Waals surface area contributed by atoms with Gasteiger partial charge in [0.05, 0.1) is 91.9 Å². The Morgan fingerprint density at radius 2 is 0.352 bits per heavy atom. The summed E-state index contributed by atoms with van der Waals surface area (Å²) in [7, 11) is 0. The van der Waals surface area contributed by atoms with Gasteiger partial charge < -0.3 is 38.3 Å². The average Bonchev–Trinajstić information content (AvgIpc) is 1.60. The predicted octanol–water partition coefficient (Wildman–Crippen LogP) is 34.1. The lowest BCUT2D eigenvalue weighted by Crippen LogP contribution is -2.06. The number of unbranched alkanes of at least 4 members (excludes halogenated alkanes) is 51. The van der Waals surface area contributed by atoms with E-state index in [1.54, 1.807) is 0 Å². The lowest BCUT2D eigenvalue weighted by Gasteiger charge is -2.17. The van der Waals surface area contributed by atoms with Crippen LogP contribution in [0.3, 0.4) is 0 Å². The summed E-state index contributed by atoms with van der Waals surface area (Å²) in [5.41, 5.74) is 13.4. The third-order valence-corrected chi connectivity index (χ3v) is 25.7. The highest BCUT2D eigenvalue weighted by atomic mass is 16.5. The van der Waals surface area contributed by atoms with Gasteiger partial charge in [0.15, 0.2) is 0 Å². The van der Waals surface area contributed by atoms with E-state index in [0.29, 0.717) is 52.9 Å². The summed E-state index contributed by atoms with van der Waals surface area (Å²) in [4.78, 5) is 23.6. The Labute approximate surface area is 778 Å². The van der Waals surface area contributed by atoms with Crippen molar-refractivity contribution in [1.29, 1.82) is 0 Å². The Hall–Kier alpha value is -7.96.